The Bertz CT molecular complexity index is 441. The summed E-state index contributed by atoms with van der Waals surface area (Å²) in [5.74, 6) is -2.15. The van der Waals surface area contributed by atoms with Crippen molar-refractivity contribution in [3.63, 3.8) is 0 Å². The van der Waals surface area contributed by atoms with Crippen molar-refractivity contribution in [3.8, 4) is 0 Å². The minimum atomic E-state index is -1.16. The van der Waals surface area contributed by atoms with Crippen molar-refractivity contribution in [2.45, 2.75) is 25.3 Å². The van der Waals surface area contributed by atoms with Gasteiger partial charge in [0.25, 0.3) is 0 Å². The molecule has 0 aliphatic rings. The molecule has 0 aromatic carbocycles. The van der Waals surface area contributed by atoms with Gasteiger partial charge >= 0.3 is 11.9 Å². The molecule has 0 bridgehead atoms. The topological polar surface area (TPSA) is 178 Å². The zero-order valence-corrected chi connectivity index (χ0v) is 10.9. The van der Waals surface area contributed by atoms with E-state index in [1.165, 1.54) is 12.4 Å². The van der Waals surface area contributed by atoms with Crippen molar-refractivity contribution >= 4 is 17.8 Å². The van der Waals surface area contributed by atoms with E-state index in [0.717, 1.165) is 12.8 Å². The minimum Gasteiger partial charge on any atom is -0.480 e. The highest BCUT2D eigenvalue weighted by Crippen LogP contribution is 2.00. The maximum Gasteiger partial charge on any atom is 0.358 e. The van der Waals surface area contributed by atoms with Crippen LogP contribution < -0.4 is 17.2 Å². The number of nitrogens with two attached hydrogens (primary N) is 3. The molecule has 1 aromatic heterocycles. The number of aliphatic carboxylic acids is 1. The molecule has 1 rings (SSSR count). The first kappa shape index (κ1) is 17.7. The average Bonchev–Trinajstić information content (AvgIpc) is 2.39. The molecule has 0 saturated heterocycles. The number of carbonyl (C=O) groups is 2. The quantitative estimate of drug-likeness (QED) is 0.422. The Morgan fingerprint density at radius 3 is 2.20 bits per heavy atom. The number of aromatic nitrogens is 2. The fourth-order valence-corrected chi connectivity index (χ4v) is 1.15. The molecule has 0 aliphatic carbocycles. The Hall–Kier alpha value is -2.26. The van der Waals surface area contributed by atoms with Crippen molar-refractivity contribution in [3.05, 3.63) is 18.1 Å². The summed E-state index contributed by atoms with van der Waals surface area (Å²) in [4.78, 5) is 27.4. The number of nitrogen functional groups attached to an aromatic ring is 1. The summed E-state index contributed by atoms with van der Waals surface area (Å²) < 4.78 is 0. The summed E-state index contributed by atoms with van der Waals surface area (Å²) in [7, 11) is 0. The van der Waals surface area contributed by atoms with Crippen LogP contribution in [0.5, 0.6) is 0 Å². The third-order valence-corrected chi connectivity index (χ3v) is 2.22. The van der Waals surface area contributed by atoms with Crippen LogP contribution in [-0.4, -0.2) is 44.7 Å². The Labute approximate surface area is 115 Å². The van der Waals surface area contributed by atoms with Gasteiger partial charge in [0.05, 0.1) is 0 Å². The molecule has 112 valence electrons. The third kappa shape index (κ3) is 7.24. The molecule has 9 nitrogen and oxygen atoms in total. The number of hydrogen-bond acceptors (Lipinski definition) is 7. The van der Waals surface area contributed by atoms with Crippen molar-refractivity contribution in [1.29, 1.82) is 0 Å². The predicted molar refractivity (Wildman–Crippen MR) is 71.9 cm³/mol. The van der Waals surface area contributed by atoms with Gasteiger partial charge in [0.2, 0.25) is 0 Å². The molecule has 8 N–H and O–H groups in total. The molecule has 9 heteroatoms. The normalized spacial score (nSPS) is 11.1. The van der Waals surface area contributed by atoms with E-state index in [4.69, 9.17) is 27.4 Å². The lowest BCUT2D eigenvalue weighted by atomic mass is 10.1. The first-order chi connectivity index (χ1) is 9.40. The lowest BCUT2D eigenvalue weighted by Crippen LogP contribution is -2.29. The first-order valence-electron chi connectivity index (χ1n) is 5.88. The number of anilines is 1. The molecule has 0 amide bonds. The number of carboxylic acids is 2. The molecule has 0 aliphatic heterocycles. The van der Waals surface area contributed by atoms with Crippen LogP contribution in [0.15, 0.2) is 12.4 Å². The van der Waals surface area contributed by atoms with Crippen LogP contribution in [0.3, 0.4) is 0 Å². The molecule has 1 unspecified atom stereocenters. The highest BCUT2D eigenvalue weighted by molar-refractivity contribution is 5.89. The monoisotopic (exact) mass is 285 g/mol. The Kier molecular flexibility index (Phi) is 8.55. The first-order valence-corrected chi connectivity index (χ1v) is 5.88. The average molecular weight is 285 g/mol. The van der Waals surface area contributed by atoms with E-state index in [1.807, 2.05) is 0 Å². The maximum atomic E-state index is 10.2. The number of rotatable bonds is 6. The van der Waals surface area contributed by atoms with Crippen LogP contribution >= 0.6 is 0 Å². The largest absolute Gasteiger partial charge is 0.480 e. The maximum absolute atomic E-state index is 10.2. The van der Waals surface area contributed by atoms with Gasteiger partial charge in [-0.3, -0.25) is 4.79 Å². The standard InChI is InChI=1S/C6H14N2O2.C5H5N3O2/c7-4-2-1-3-5(8)6(9)10;6-4-3(5(9)10)7-1-2-8-4/h5H,1-4,7-8H2,(H,9,10);1-2H,(H2,6,8)(H,9,10). The van der Waals surface area contributed by atoms with Gasteiger partial charge in [0, 0.05) is 12.4 Å². The van der Waals surface area contributed by atoms with Gasteiger partial charge in [0.15, 0.2) is 11.5 Å². The van der Waals surface area contributed by atoms with Gasteiger partial charge in [-0.05, 0) is 19.4 Å². The fourth-order valence-electron chi connectivity index (χ4n) is 1.15. The van der Waals surface area contributed by atoms with Gasteiger partial charge in [-0.1, -0.05) is 6.42 Å². The molecule has 0 fully saturated rings. The van der Waals surface area contributed by atoms with E-state index in [1.54, 1.807) is 0 Å². The molecule has 20 heavy (non-hydrogen) atoms. The predicted octanol–water partition coefficient (Wildman–Crippen LogP) is -0.716. The molecular formula is C11H19N5O4. The number of aromatic carboxylic acids is 1. The Morgan fingerprint density at radius 1 is 1.20 bits per heavy atom. The fraction of sp³-hybridized carbons (Fsp3) is 0.455. The van der Waals surface area contributed by atoms with Crippen molar-refractivity contribution in [2.24, 2.45) is 11.5 Å². The van der Waals surface area contributed by atoms with Crippen LogP contribution in [-0.2, 0) is 4.79 Å². The molecular weight excluding hydrogens is 266 g/mol. The SMILES string of the molecule is NCCCCC(N)C(=O)O.Nc1nccnc1C(=O)O. The van der Waals surface area contributed by atoms with Crippen molar-refractivity contribution in [1.82, 2.24) is 9.97 Å². The summed E-state index contributed by atoms with van der Waals surface area (Å²) in [5, 5.41) is 16.7. The molecule has 1 aromatic rings. The summed E-state index contributed by atoms with van der Waals surface area (Å²) in [6.45, 7) is 0.604. The summed E-state index contributed by atoms with van der Waals surface area (Å²) in [6.07, 6.45) is 4.78. The summed E-state index contributed by atoms with van der Waals surface area (Å²) >= 11 is 0. The van der Waals surface area contributed by atoms with E-state index in [9.17, 15) is 9.59 Å². The second kappa shape index (κ2) is 9.64. The Balaban J connectivity index is 0.000000361. The Morgan fingerprint density at radius 2 is 1.80 bits per heavy atom. The zero-order valence-electron chi connectivity index (χ0n) is 10.9. The summed E-state index contributed by atoms with van der Waals surface area (Å²) in [5.41, 5.74) is 15.4. The second-order valence-corrected chi connectivity index (χ2v) is 3.82. The molecule has 1 atom stereocenters. The number of hydrogen-bond donors (Lipinski definition) is 5. The van der Waals surface area contributed by atoms with Gasteiger partial charge in [-0.15, -0.1) is 0 Å². The van der Waals surface area contributed by atoms with Gasteiger partial charge in [0.1, 0.15) is 6.04 Å². The number of carboxylic acid groups (broad SMARTS) is 2. The lowest BCUT2D eigenvalue weighted by molar-refractivity contribution is -0.138. The van der Waals surface area contributed by atoms with E-state index in [2.05, 4.69) is 9.97 Å². The lowest BCUT2D eigenvalue weighted by Gasteiger charge is -2.03. The van der Waals surface area contributed by atoms with Gasteiger partial charge in [-0.2, -0.15) is 0 Å². The third-order valence-electron chi connectivity index (χ3n) is 2.22. The molecule has 0 saturated carbocycles. The molecule has 0 spiro atoms. The smallest absolute Gasteiger partial charge is 0.358 e. The van der Waals surface area contributed by atoms with Crippen LogP contribution in [0.4, 0.5) is 5.82 Å². The molecule has 0 radical (unpaired) electrons. The summed E-state index contributed by atoms with van der Waals surface area (Å²) in [6, 6.07) is -0.716. The number of nitrogens with zero attached hydrogens (tertiary/aromatic N) is 2. The van der Waals surface area contributed by atoms with Crippen molar-refractivity contribution < 1.29 is 19.8 Å². The van der Waals surface area contributed by atoms with E-state index >= 15 is 0 Å². The second-order valence-electron chi connectivity index (χ2n) is 3.82. The zero-order chi connectivity index (χ0) is 15.5. The van der Waals surface area contributed by atoms with E-state index < -0.39 is 18.0 Å². The minimum absolute atomic E-state index is 0.0602. The van der Waals surface area contributed by atoms with Gasteiger partial charge < -0.3 is 27.4 Å². The van der Waals surface area contributed by atoms with Crippen molar-refractivity contribution in [2.75, 3.05) is 12.3 Å². The van der Waals surface area contributed by atoms with E-state index in [-0.39, 0.29) is 11.5 Å². The van der Waals surface area contributed by atoms with Crippen LogP contribution in [0.1, 0.15) is 29.8 Å². The molecule has 1 heterocycles. The van der Waals surface area contributed by atoms with Crippen LogP contribution in [0, 0.1) is 0 Å². The van der Waals surface area contributed by atoms with Crippen LogP contribution in [0.25, 0.3) is 0 Å². The number of unbranched alkanes of at least 4 members (excludes halogenated alkanes) is 1. The van der Waals surface area contributed by atoms with Gasteiger partial charge in [-0.25, -0.2) is 14.8 Å². The van der Waals surface area contributed by atoms with E-state index in [0.29, 0.717) is 13.0 Å². The van der Waals surface area contributed by atoms with Crippen LogP contribution in [0.2, 0.25) is 0 Å². The highest BCUT2D eigenvalue weighted by atomic mass is 16.4. The highest BCUT2D eigenvalue weighted by Gasteiger charge is 2.09.